The van der Waals surface area contributed by atoms with Crippen LogP contribution in [0.25, 0.3) is 11.0 Å². The van der Waals surface area contributed by atoms with Crippen LogP contribution in [0.3, 0.4) is 0 Å². The van der Waals surface area contributed by atoms with E-state index in [9.17, 15) is 4.79 Å². The molecule has 0 saturated carbocycles. The lowest BCUT2D eigenvalue weighted by Gasteiger charge is -2.18. The zero-order valence-corrected chi connectivity index (χ0v) is 13.8. The molecule has 3 nitrogen and oxygen atoms in total. The molecular weight excluding hydrogens is 260 g/mol. The molecule has 0 saturated heterocycles. The fourth-order valence-corrected chi connectivity index (χ4v) is 2.13. The summed E-state index contributed by atoms with van der Waals surface area (Å²) < 4.78 is 0. The first-order chi connectivity index (χ1) is 9.56. The smallest absolute Gasteiger partial charge is 0.163 e. The Balaban J connectivity index is 2.37. The highest BCUT2D eigenvalue weighted by atomic mass is 16.1. The molecule has 112 valence electrons. The molecule has 0 aliphatic rings. The molecule has 21 heavy (non-hydrogen) atoms. The van der Waals surface area contributed by atoms with Gasteiger partial charge in [-0.15, -0.1) is 0 Å². The van der Waals surface area contributed by atoms with Gasteiger partial charge in [-0.1, -0.05) is 41.5 Å². The van der Waals surface area contributed by atoms with E-state index < -0.39 is 0 Å². The predicted molar refractivity (Wildman–Crippen MR) is 86.6 cm³/mol. The summed E-state index contributed by atoms with van der Waals surface area (Å²) in [5, 5.41) is 0. The Morgan fingerprint density at radius 2 is 1.71 bits per heavy atom. The highest BCUT2D eigenvalue weighted by Gasteiger charge is 2.19. The van der Waals surface area contributed by atoms with Crippen LogP contribution in [0.4, 0.5) is 0 Å². The summed E-state index contributed by atoms with van der Waals surface area (Å²) in [5.74, 6) is 0.158. The third-order valence-electron chi connectivity index (χ3n) is 3.32. The third-order valence-corrected chi connectivity index (χ3v) is 3.32. The second-order valence-corrected chi connectivity index (χ2v) is 7.87. The van der Waals surface area contributed by atoms with E-state index in [1.54, 1.807) is 6.20 Å². The van der Waals surface area contributed by atoms with Crippen molar-refractivity contribution >= 4 is 16.8 Å². The van der Waals surface area contributed by atoms with E-state index in [2.05, 4.69) is 51.5 Å². The summed E-state index contributed by atoms with van der Waals surface area (Å²) in [7, 11) is 0. The Hall–Kier alpha value is -1.77. The Kier molecular flexibility index (Phi) is 3.87. The molecule has 0 radical (unpaired) electrons. The number of Topliss-reactive ketones (excluding diaryl/α,β-unsaturated/α-hetero) is 1. The average molecular weight is 284 g/mol. The number of rotatable bonds is 2. The van der Waals surface area contributed by atoms with Crippen molar-refractivity contribution in [1.82, 2.24) is 9.97 Å². The van der Waals surface area contributed by atoms with Gasteiger partial charge in [0, 0.05) is 23.6 Å². The largest absolute Gasteiger partial charge is 0.294 e. The number of hydrogen-bond acceptors (Lipinski definition) is 3. The van der Waals surface area contributed by atoms with Crippen molar-refractivity contribution in [2.45, 2.75) is 53.4 Å². The van der Waals surface area contributed by atoms with Crippen LogP contribution in [-0.4, -0.2) is 15.8 Å². The minimum atomic E-state index is -0.0259. The first kappa shape index (κ1) is 15.6. The van der Waals surface area contributed by atoms with Crippen LogP contribution in [0.2, 0.25) is 0 Å². The van der Waals surface area contributed by atoms with Gasteiger partial charge in [-0.3, -0.25) is 9.78 Å². The van der Waals surface area contributed by atoms with Gasteiger partial charge < -0.3 is 0 Å². The summed E-state index contributed by atoms with van der Waals surface area (Å²) in [4.78, 5) is 21.4. The lowest BCUT2D eigenvalue weighted by molar-refractivity contribution is 0.0940. The summed E-state index contributed by atoms with van der Waals surface area (Å²) in [5.41, 5.74) is 3.27. The quantitative estimate of drug-likeness (QED) is 0.760. The zero-order valence-electron chi connectivity index (χ0n) is 13.8. The van der Waals surface area contributed by atoms with Crippen LogP contribution in [0, 0.1) is 5.41 Å². The normalized spacial score (nSPS) is 12.7. The van der Waals surface area contributed by atoms with E-state index >= 15 is 0 Å². The molecule has 0 bridgehead atoms. The van der Waals surface area contributed by atoms with E-state index in [1.807, 2.05) is 18.2 Å². The Labute approximate surface area is 126 Å². The molecule has 0 spiro atoms. The topological polar surface area (TPSA) is 42.9 Å². The molecule has 0 fully saturated rings. The minimum absolute atomic E-state index is 0.00614. The molecule has 0 unspecified atom stereocenters. The third kappa shape index (κ3) is 3.87. The van der Waals surface area contributed by atoms with Crippen LogP contribution >= 0.6 is 0 Å². The van der Waals surface area contributed by atoms with Crippen molar-refractivity contribution in [3.8, 4) is 0 Å². The number of fused-ring (bicyclic) bond motifs is 1. The van der Waals surface area contributed by atoms with Crippen LogP contribution in [0.1, 0.15) is 64.0 Å². The summed E-state index contributed by atoms with van der Waals surface area (Å²) >= 11 is 0. The van der Waals surface area contributed by atoms with E-state index in [-0.39, 0.29) is 16.6 Å². The molecule has 1 heterocycles. The molecule has 2 aromatic rings. The summed E-state index contributed by atoms with van der Waals surface area (Å²) in [6.07, 6.45) is 2.34. The van der Waals surface area contributed by atoms with Crippen LogP contribution in [0.5, 0.6) is 0 Å². The standard InChI is InChI=1S/C18H24N2O/c1-17(2,3)10-15(21)12-7-8-13-14(9-12)19-11-16(20-13)18(4,5)6/h7-9,11H,10H2,1-6H3. The lowest BCUT2D eigenvalue weighted by Crippen LogP contribution is -2.14. The number of ketones is 1. The van der Waals surface area contributed by atoms with Crippen LogP contribution in [-0.2, 0) is 5.41 Å². The van der Waals surface area contributed by atoms with Gasteiger partial charge >= 0.3 is 0 Å². The maximum atomic E-state index is 12.3. The van der Waals surface area contributed by atoms with Gasteiger partial charge in [0.2, 0.25) is 0 Å². The fraction of sp³-hybridized carbons (Fsp3) is 0.500. The number of carbonyl (C=O) groups is 1. The van der Waals surface area contributed by atoms with Crippen molar-refractivity contribution in [2.24, 2.45) is 5.41 Å². The highest BCUT2D eigenvalue weighted by molar-refractivity contribution is 5.99. The summed E-state index contributed by atoms with van der Waals surface area (Å²) in [6, 6.07) is 5.60. The Morgan fingerprint density at radius 3 is 2.29 bits per heavy atom. The number of carbonyl (C=O) groups excluding carboxylic acids is 1. The van der Waals surface area contributed by atoms with Crippen molar-refractivity contribution < 1.29 is 4.79 Å². The molecule has 0 atom stereocenters. The molecule has 1 aromatic heterocycles. The zero-order chi connectivity index (χ0) is 15.8. The van der Waals surface area contributed by atoms with Gasteiger partial charge in [-0.25, -0.2) is 4.98 Å². The van der Waals surface area contributed by atoms with E-state index in [0.29, 0.717) is 6.42 Å². The maximum Gasteiger partial charge on any atom is 0.163 e. The van der Waals surface area contributed by atoms with Gasteiger partial charge in [-0.2, -0.15) is 0 Å². The molecule has 0 amide bonds. The second-order valence-electron chi connectivity index (χ2n) is 7.87. The van der Waals surface area contributed by atoms with Gasteiger partial charge in [0.25, 0.3) is 0 Å². The average Bonchev–Trinajstić information content (AvgIpc) is 2.34. The van der Waals surface area contributed by atoms with Gasteiger partial charge in [0.05, 0.1) is 16.7 Å². The molecule has 1 aromatic carbocycles. The van der Waals surface area contributed by atoms with E-state index in [1.165, 1.54) is 0 Å². The fourth-order valence-electron chi connectivity index (χ4n) is 2.13. The molecule has 3 heteroatoms. The van der Waals surface area contributed by atoms with Crippen LogP contribution in [0.15, 0.2) is 24.4 Å². The van der Waals surface area contributed by atoms with E-state index in [4.69, 9.17) is 0 Å². The first-order valence-electron chi connectivity index (χ1n) is 7.37. The van der Waals surface area contributed by atoms with Crippen LogP contribution < -0.4 is 0 Å². The first-order valence-corrected chi connectivity index (χ1v) is 7.37. The van der Waals surface area contributed by atoms with E-state index in [0.717, 1.165) is 22.3 Å². The van der Waals surface area contributed by atoms with Crippen molar-refractivity contribution in [3.63, 3.8) is 0 Å². The van der Waals surface area contributed by atoms with Crippen molar-refractivity contribution in [3.05, 3.63) is 35.7 Å². The molecule has 0 N–H and O–H groups in total. The van der Waals surface area contributed by atoms with Crippen molar-refractivity contribution in [1.29, 1.82) is 0 Å². The predicted octanol–water partition coefficient (Wildman–Crippen LogP) is 4.55. The highest BCUT2D eigenvalue weighted by Crippen LogP contribution is 2.24. The Morgan fingerprint density at radius 1 is 1.05 bits per heavy atom. The number of aromatic nitrogens is 2. The van der Waals surface area contributed by atoms with Gasteiger partial charge in [0.1, 0.15) is 0 Å². The monoisotopic (exact) mass is 284 g/mol. The van der Waals surface area contributed by atoms with Crippen molar-refractivity contribution in [2.75, 3.05) is 0 Å². The molecule has 0 aliphatic heterocycles. The van der Waals surface area contributed by atoms with Gasteiger partial charge in [0.15, 0.2) is 5.78 Å². The SMILES string of the molecule is CC(C)(C)CC(=O)c1ccc2nc(C(C)(C)C)cnc2c1. The number of nitrogens with zero attached hydrogens (tertiary/aromatic N) is 2. The maximum absolute atomic E-state index is 12.3. The number of benzene rings is 1. The number of hydrogen-bond donors (Lipinski definition) is 0. The Bertz CT molecular complexity index is 676. The molecule has 0 aliphatic carbocycles. The summed E-state index contributed by atoms with van der Waals surface area (Å²) in [6.45, 7) is 12.6. The molecule has 2 rings (SSSR count). The second kappa shape index (κ2) is 5.21. The lowest BCUT2D eigenvalue weighted by atomic mass is 9.88. The van der Waals surface area contributed by atoms with Gasteiger partial charge in [-0.05, 0) is 23.6 Å². The minimum Gasteiger partial charge on any atom is -0.294 e. The molecular formula is C18H24N2O.